The van der Waals surface area contributed by atoms with Crippen molar-refractivity contribution in [2.45, 2.75) is 57.2 Å². The van der Waals surface area contributed by atoms with E-state index in [0.29, 0.717) is 19.0 Å². The van der Waals surface area contributed by atoms with Gasteiger partial charge in [-0.1, -0.05) is 56.3 Å². The molecule has 3 amide bonds. The Morgan fingerprint density at radius 2 is 1.85 bits per heavy atom. The smallest absolute Gasteiger partial charge is 0.408 e. The maximum Gasteiger partial charge on any atom is 0.408 e. The molecule has 3 rings (SSSR count). The second-order valence-electron chi connectivity index (χ2n) is 10.1. The molecule has 0 bridgehead atoms. The Morgan fingerprint density at radius 3 is 2.44 bits per heavy atom. The van der Waals surface area contributed by atoms with Crippen LogP contribution in [0.3, 0.4) is 0 Å². The van der Waals surface area contributed by atoms with Crippen LogP contribution in [-0.2, 0) is 20.2 Å². The first kappa shape index (κ1) is 29.9. The quantitative estimate of drug-likeness (QED) is 0.321. The molecule has 212 valence electrons. The molecule has 0 aliphatic carbocycles. The third-order valence-corrected chi connectivity index (χ3v) is 6.48. The van der Waals surface area contributed by atoms with Crippen molar-refractivity contribution in [1.82, 2.24) is 16.0 Å². The molecule has 4 N–H and O–H groups in total. The monoisotopic (exact) mass is 549 g/mol. The molecule has 1 aliphatic rings. The van der Waals surface area contributed by atoms with Gasteiger partial charge in [0.05, 0.1) is 12.6 Å². The zero-order chi connectivity index (χ0) is 28.6. The van der Waals surface area contributed by atoms with Crippen LogP contribution in [0, 0.1) is 17.7 Å². The number of ether oxygens (including phenoxy) is 1. The summed E-state index contributed by atoms with van der Waals surface area (Å²) >= 11 is 0. The number of hydrogen-bond donors (Lipinski definition) is 4. The fourth-order valence-corrected chi connectivity index (χ4v) is 4.51. The number of carbonyl (C=O) groups excluding carboxylic acids is 3. The van der Waals surface area contributed by atoms with Crippen molar-refractivity contribution in [3.63, 3.8) is 0 Å². The summed E-state index contributed by atoms with van der Waals surface area (Å²) in [5.41, 5.74) is -0.704. The normalized spacial score (nSPS) is 17.7. The molecule has 1 fully saturated rings. The minimum absolute atomic E-state index is 0.0260. The Balaban J connectivity index is 1.77. The summed E-state index contributed by atoms with van der Waals surface area (Å²) in [6, 6.07) is 9.28. The molecular weight excluding hydrogens is 515 g/mol. The minimum Gasteiger partial charge on any atom is -0.434 e. The number of halogens is 3. The summed E-state index contributed by atoms with van der Waals surface area (Å²) in [6.07, 6.45) is -2.45. The van der Waals surface area contributed by atoms with Crippen LogP contribution in [0.1, 0.15) is 50.3 Å². The van der Waals surface area contributed by atoms with E-state index < -0.39 is 54.1 Å². The second kappa shape index (κ2) is 13.5. The summed E-state index contributed by atoms with van der Waals surface area (Å²) in [4.78, 5) is 37.9. The van der Waals surface area contributed by atoms with Gasteiger partial charge in [0.25, 0.3) is 0 Å². The first-order valence-electron chi connectivity index (χ1n) is 12.9. The number of alkyl carbamates (subject to hydrolysis) is 1. The standard InChI is InChI=1S/C28H34F3N3O5/c1-17(2)13-23(26(37)33-22(16-35)14-19-11-12-32-25(19)36)34-27(38)39-24(18-7-4-3-5-8-18)28(30,31)20-9-6-10-21(29)15-20/h3-10,15,17,19,22-24,35H,11-14,16H2,1-2H3,(H,32,36)(H,33,37)(H,34,38)/t19-,22-,23-,24?/m0/s1. The highest BCUT2D eigenvalue weighted by Gasteiger charge is 2.46. The fraction of sp³-hybridized carbons (Fsp3) is 0.464. The van der Waals surface area contributed by atoms with Crippen LogP contribution < -0.4 is 16.0 Å². The molecule has 2 aromatic carbocycles. The van der Waals surface area contributed by atoms with E-state index in [-0.39, 0.29) is 36.1 Å². The van der Waals surface area contributed by atoms with Gasteiger partial charge in [-0.3, -0.25) is 9.59 Å². The van der Waals surface area contributed by atoms with E-state index >= 15 is 8.78 Å². The van der Waals surface area contributed by atoms with Crippen LogP contribution in [0.15, 0.2) is 54.6 Å². The van der Waals surface area contributed by atoms with E-state index in [1.165, 1.54) is 24.3 Å². The van der Waals surface area contributed by atoms with Crippen LogP contribution in [0.5, 0.6) is 0 Å². The number of aliphatic hydroxyl groups is 1. The number of rotatable bonds is 12. The molecule has 1 unspecified atom stereocenters. The van der Waals surface area contributed by atoms with E-state index in [1.54, 1.807) is 6.07 Å². The fourth-order valence-electron chi connectivity index (χ4n) is 4.51. The number of benzene rings is 2. The Labute approximate surface area is 225 Å². The summed E-state index contributed by atoms with van der Waals surface area (Å²) in [5.74, 6) is -5.92. The van der Waals surface area contributed by atoms with Crippen molar-refractivity contribution in [3.8, 4) is 0 Å². The minimum atomic E-state index is -3.81. The van der Waals surface area contributed by atoms with E-state index in [4.69, 9.17) is 4.74 Å². The number of carbonyl (C=O) groups is 3. The first-order valence-corrected chi connectivity index (χ1v) is 12.9. The molecule has 1 saturated heterocycles. The van der Waals surface area contributed by atoms with Gasteiger partial charge in [0.2, 0.25) is 11.8 Å². The van der Waals surface area contributed by atoms with Gasteiger partial charge in [-0.05, 0) is 42.9 Å². The van der Waals surface area contributed by atoms with E-state index in [0.717, 1.165) is 18.2 Å². The number of alkyl halides is 2. The summed E-state index contributed by atoms with van der Waals surface area (Å²) in [7, 11) is 0. The molecular formula is C28H34F3N3O5. The van der Waals surface area contributed by atoms with Crippen molar-refractivity contribution in [2.75, 3.05) is 13.2 Å². The van der Waals surface area contributed by atoms with E-state index in [2.05, 4.69) is 16.0 Å². The highest BCUT2D eigenvalue weighted by Crippen LogP contribution is 2.43. The Hall–Kier alpha value is -3.60. The lowest BCUT2D eigenvalue weighted by Gasteiger charge is -2.29. The van der Waals surface area contributed by atoms with Crippen molar-refractivity contribution in [1.29, 1.82) is 0 Å². The second-order valence-corrected chi connectivity index (χ2v) is 10.1. The molecule has 0 saturated carbocycles. The third-order valence-electron chi connectivity index (χ3n) is 6.48. The van der Waals surface area contributed by atoms with Gasteiger partial charge in [0.1, 0.15) is 11.9 Å². The number of hydrogen-bond acceptors (Lipinski definition) is 5. The summed E-state index contributed by atoms with van der Waals surface area (Å²) in [6.45, 7) is 3.71. The van der Waals surface area contributed by atoms with Crippen LogP contribution in [0.2, 0.25) is 0 Å². The van der Waals surface area contributed by atoms with Crippen LogP contribution in [0.25, 0.3) is 0 Å². The Morgan fingerprint density at radius 1 is 1.13 bits per heavy atom. The lowest BCUT2D eigenvalue weighted by Crippen LogP contribution is -2.52. The first-order chi connectivity index (χ1) is 18.5. The van der Waals surface area contributed by atoms with Crippen LogP contribution in [0.4, 0.5) is 18.0 Å². The van der Waals surface area contributed by atoms with Gasteiger partial charge in [0.15, 0.2) is 6.10 Å². The Kier molecular flexibility index (Phi) is 10.3. The SMILES string of the molecule is CC(C)C[C@H](NC(=O)OC(c1ccccc1)C(F)(F)c1cccc(F)c1)C(=O)N[C@H](CO)C[C@@H]1CCNC1=O. The van der Waals surface area contributed by atoms with Gasteiger partial charge in [0, 0.05) is 18.0 Å². The maximum atomic E-state index is 15.6. The number of nitrogens with one attached hydrogen (secondary N) is 3. The van der Waals surface area contributed by atoms with Crippen LogP contribution in [-0.4, -0.2) is 48.2 Å². The molecule has 8 nitrogen and oxygen atoms in total. The predicted molar refractivity (Wildman–Crippen MR) is 137 cm³/mol. The molecule has 1 aliphatic heterocycles. The van der Waals surface area contributed by atoms with Gasteiger partial charge in [-0.25, -0.2) is 9.18 Å². The zero-order valence-corrected chi connectivity index (χ0v) is 21.8. The summed E-state index contributed by atoms with van der Waals surface area (Å²) in [5, 5.41) is 17.5. The molecule has 0 spiro atoms. The molecule has 0 radical (unpaired) electrons. The highest BCUT2D eigenvalue weighted by molar-refractivity contribution is 5.86. The van der Waals surface area contributed by atoms with Crippen LogP contribution >= 0.6 is 0 Å². The topological polar surface area (TPSA) is 117 Å². The molecule has 39 heavy (non-hydrogen) atoms. The number of aliphatic hydroxyl groups excluding tert-OH is 1. The lowest BCUT2D eigenvalue weighted by atomic mass is 9.97. The van der Waals surface area contributed by atoms with Crippen molar-refractivity contribution >= 4 is 17.9 Å². The average Bonchev–Trinajstić information content (AvgIpc) is 3.30. The highest BCUT2D eigenvalue weighted by atomic mass is 19.3. The maximum absolute atomic E-state index is 15.6. The zero-order valence-electron chi connectivity index (χ0n) is 21.8. The van der Waals surface area contributed by atoms with Crippen molar-refractivity contribution in [3.05, 3.63) is 71.5 Å². The van der Waals surface area contributed by atoms with E-state index in [1.807, 2.05) is 13.8 Å². The predicted octanol–water partition coefficient (Wildman–Crippen LogP) is 3.80. The lowest BCUT2D eigenvalue weighted by molar-refractivity contribution is -0.128. The van der Waals surface area contributed by atoms with Gasteiger partial charge in [-0.2, -0.15) is 8.78 Å². The van der Waals surface area contributed by atoms with Crippen molar-refractivity contribution in [2.24, 2.45) is 11.8 Å². The van der Waals surface area contributed by atoms with E-state index in [9.17, 15) is 23.9 Å². The Bertz CT molecular complexity index is 1130. The van der Waals surface area contributed by atoms with Gasteiger partial charge >= 0.3 is 12.0 Å². The molecule has 1 heterocycles. The molecule has 0 aromatic heterocycles. The third kappa shape index (κ3) is 8.19. The largest absolute Gasteiger partial charge is 0.434 e. The molecule has 4 atom stereocenters. The molecule has 2 aromatic rings. The van der Waals surface area contributed by atoms with Crippen molar-refractivity contribution < 1.29 is 37.4 Å². The average molecular weight is 550 g/mol. The van der Waals surface area contributed by atoms with Gasteiger partial charge < -0.3 is 25.8 Å². The van der Waals surface area contributed by atoms with Gasteiger partial charge in [-0.15, -0.1) is 0 Å². The number of amides is 3. The summed E-state index contributed by atoms with van der Waals surface area (Å²) < 4.78 is 50.1. The molecule has 11 heteroatoms.